The van der Waals surface area contributed by atoms with Gasteiger partial charge in [0.2, 0.25) is 17.5 Å². The van der Waals surface area contributed by atoms with Crippen molar-refractivity contribution in [3.05, 3.63) is 93.8 Å². The topological polar surface area (TPSA) is 104 Å². The fraction of sp³-hybridized carbons (Fsp3) is 0.465. The zero-order valence-electron chi connectivity index (χ0n) is 31.8. The van der Waals surface area contributed by atoms with E-state index in [1.54, 1.807) is 4.90 Å². The molecule has 0 aromatic heterocycles. The van der Waals surface area contributed by atoms with E-state index in [9.17, 15) is 19.2 Å². The SMILES string of the molecule is [C-]#[N+]c1ccc(N2CCC3(CCN(c4ccc(C(=O)N5CCN(C6CN(c7ccc8c(c7)CN(C7CCC(=O)NC7=O)C8=O)C6)CC5)cc4)CC3)C2C)cc1Cl. The van der Waals surface area contributed by atoms with Gasteiger partial charge in [-0.3, -0.25) is 29.4 Å². The Morgan fingerprint density at radius 2 is 1.52 bits per heavy atom. The van der Waals surface area contributed by atoms with Gasteiger partial charge in [0.25, 0.3) is 11.8 Å². The number of rotatable bonds is 6. The van der Waals surface area contributed by atoms with Gasteiger partial charge in [0.1, 0.15) is 6.04 Å². The number of hydrogen-bond donors (Lipinski definition) is 1. The molecule has 1 N–H and O–H groups in total. The minimum atomic E-state index is -0.610. The van der Waals surface area contributed by atoms with Crippen molar-refractivity contribution in [2.45, 2.75) is 63.7 Å². The molecule has 2 unspecified atom stereocenters. The van der Waals surface area contributed by atoms with Crippen LogP contribution in [0.1, 0.15) is 65.3 Å². The van der Waals surface area contributed by atoms with E-state index in [0.717, 1.165) is 87.6 Å². The molecule has 9 rings (SSSR count). The van der Waals surface area contributed by atoms with Gasteiger partial charge in [0, 0.05) is 117 Å². The number of imide groups is 1. The van der Waals surface area contributed by atoms with E-state index in [-0.39, 0.29) is 29.6 Å². The number of piperazine rings is 1. The number of piperidine rings is 2. The first-order valence-corrected chi connectivity index (χ1v) is 20.3. The van der Waals surface area contributed by atoms with Crippen LogP contribution >= 0.6 is 11.6 Å². The number of amides is 4. The Bertz CT molecular complexity index is 2110. The number of hydrogen-bond acceptors (Lipinski definition) is 8. The number of anilines is 3. The van der Waals surface area contributed by atoms with Gasteiger partial charge in [-0.25, -0.2) is 4.85 Å². The molecular weight excluding hydrogens is 728 g/mol. The van der Waals surface area contributed by atoms with Crippen molar-refractivity contribution in [3.8, 4) is 0 Å². The number of nitrogens with zero attached hydrogens (tertiary/aromatic N) is 7. The molecule has 0 saturated carbocycles. The van der Waals surface area contributed by atoms with Crippen molar-refractivity contribution in [1.29, 1.82) is 0 Å². The maximum Gasteiger partial charge on any atom is 0.255 e. The Labute approximate surface area is 332 Å². The first kappa shape index (κ1) is 36.5. The molecule has 6 heterocycles. The van der Waals surface area contributed by atoms with Crippen LogP contribution in [0.4, 0.5) is 22.7 Å². The Hall–Kier alpha value is -5.12. The van der Waals surface area contributed by atoms with Gasteiger partial charge in [0.05, 0.1) is 6.57 Å². The summed E-state index contributed by atoms with van der Waals surface area (Å²) in [5, 5.41) is 2.88. The molecule has 4 amide bonds. The fourth-order valence-electron chi connectivity index (χ4n) is 10.0. The Balaban J connectivity index is 0.734. The number of benzene rings is 3. The van der Waals surface area contributed by atoms with Crippen molar-refractivity contribution in [2.24, 2.45) is 5.41 Å². The van der Waals surface area contributed by atoms with E-state index >= 15 is 0 Å². The van der Waals surface area contributed by atoms with E-state index in [2.05, 4.69) is 54.9 Å². The molecule has 13 heteroatoms. The maximum atomic E-state index is 13.6. The lowest BCUT2D eigenvalue weighted by molar-refractivity contribution is -0.136. The maximum absolute atomic E-state index is 13.6. The van der Waals surface area contributed by atoms with E-state index in [1.807, 2.05) is 47.4 Å². The summed E-state index contributed by atoms with van der Waals surface area (Å²) < 4.78 is 0. The number of halogens is 1. The van der Waals surface area contributed by atoms with Gasteiger partial charge >= 0.3 is 0 Å². The van der Waals surface area contributed by atoms with E-state index in [0.29, 0.717) is 54.4 Å². The largest absolute Gasteiger partial charge is 0.371 e. The van der Waals surface area contributed by atoms with Gasteiger partial charge < -0.3 is 24.5 Å². The number of nitrogens with one attached hydrogen (secondary N) is 1. The number of carbonyl (C=O) groups excluding carboxylic acids is 4. The Morgan fingerprint density at radius 3 is 2.21 bits per heavy atom. The summed E-state index contributed by atoms with van der Waals surface area (Å²) in [6.45, 7) is 17.8. The van der Waals surface area contributed by atoms with E-state index in [4.69, 9.17) is 18.2 Å². The van der Waals surface area contributed by atoms with Crippen molar-refractivity contribution < 1.29 is 19.2 Å². The highest BCUT2D eigenvalue weighted by molar-refractivity contribution is 6.33. The van der Waals surface area contributed by atoms with Crippen LogP contribution in [0.25, 0.3) is 4.85 Å². The molecule has 12 nitrogen and oxygen atoms in total. The first-order valence-electron chi connectivity index (χ1n) is 20.0. The summed E-state index contributed by atoms with van der Waals surface area (Å²) in [6.07, 6.45) is 3.98. The highest BCUT2D eigenvalue weighted by Gasteiger charge is 2.47. The predicted octanol–water partition coefficient (Wildman–Crippen LogP) is 5.18. The summed E-state index contributed by atoms with van der Waals surface area (Å²) >= 11 is 6.39. The quantitative estimate of drug-likeness (QED) is 0.270. The average Bonchev–Trinajstić information content (AvgIpc) is 3.69. The average molecular weight is 775 g/mol. The Kier molecular flexibility index (Phi) is 9.41. The number of fused-ring (bicyclic) bond motifs is 1. The van der Waals surface area contributed by atoms with Gasteiger partial charge in [-0.05, 0) is 98.2 Å². The predicted molar refractivity (Wildman–Crippen MR) is 215 cm³/mol. The molecule has 3 aromatic rings. The zero-order valence-corrected chi connectivity index (χ0v) is 32.5. The van der Waals surface area contributed by atoms with E-state index in [1.165, 1.54) is 5.69 Å². The van der Waals surface area contributed by atoms with Crippen LogP contribution in [0.5, 0.6) is 0 Å². The summed E-state index contributed by atoms with van der Waals surface area (Å²) in [4.78, 5) is 67.5. The van der Waals surface area contributed by atoms with Crippen LogP contribution in [0, 0.1) is 12.0 Å². The summed E-state index contributed by atoms with van der Waals surface area (Å²) in [5.74, 6) is -0.737. The van der Waals surface area contributed by atoms with Crippen LogP contribution in [0.2, 0.25) is 5.02 Å². The van der Waals surface area contributed by atoms with Crippen molar-refractivity contribution in [3.63, 3.8) is 0 Å². The van der Waals surface area contributed by atoms with Crippen LogP contribution in [0.15, 0.2) is 60.7 Å². The molecular formula is C43H47ClN8O4. The minimum Gasteiger partial charge on any atom is -0.371 e. The molecule has 5 fully saturated rings. The fourth-order valence-corrected chi connectivity index (χ4v) is 10.2. The summed E-state index contributed by atoms with van der Waals surface area (Å²) in [7, 11) is 0. The Morgan fingerprint density at radius 1 is 0.821 bits per heavy atom. The lowest BCUT2D eigenvalue weighted by Gasteiger charge is -2.49. The van der Waals surface area contributed by atoms with Gasteiger partial charge in [-0.1, -0.05) is 17.7 Å². The molecule has 0 aliphatic carbocycles. The number of carbonyl (C=O) groups is 4. The summed E-state index contributed by atoms with van der Waals surface area (Å²) in [6, 6.07) is 20.1. The normalized spacial score (nSPS) is 24.0. The second-order valence-electron chi connectivity index (χ2n) is 16.4. The van der Waals surface area contributed by atoms with E-state index < -0.39 is 11.9 Å². The van der Waals surface area contributed by atoms with Crippen molar-refractivity contribution in [1.82, 2.24) is 20.0 Å². The van der Waals surface area contributed by atoms with Crippen molar-refractivity contribution >= 4 is 58.0 Å². The second-order valence-corrected chi connectivity index (χ2v) is 16.8. The molecule has 0 radical (unpaired) electrons. The van der Waals surface area contributed by atoms with Gasteiger partial charge in [0.15, 0.2) is 0 Å². The molecule has 3 aromatic carbocycles. The highest BCUT2D eigenvalue weighted by atomic mass is 35.5. The molecule has 56 heavy (non-hydrogen) atoms. The highest BCUT2D eigenvalue weighted by Crippen LogP contribution is 2.48. The zero-order chi connectivity index (χ0) is 38.7. The lowest BCUT2D eigenvalue weighted by atomic mass is 9.73. The monoisotopic (exact) mass is 774 g/mol. The third-order valence-electron chi connectivity index (χ3n) is 13.7. The smallest absolute Gasteiger partial charge is 0.255 e. The third-order valence-corrected chi connectivity index (χ3v) is 14.0. The van der Waals surface area contributed by atoms with Gasteiger partial charge in [-0.15, -0.1) is 0 Å². The first-order chi connectivity index (χ1) is 27.1. The van der Waals surface area contributed by atoms with Crippen LogP contribution in [-0.4, -0.2) is 115 Å². The molecule has 5 saturated heterocycles. The molecule has 1 spiro atoms. The van der Waals surface area contributed by atoms with Crippen LogP contribution < -0.4 is 20.0 Å². The van der Waals surface area contributed by atoms with Crippen molar-refractivity contribution in [2.75, 3.05) is 73.6 Å². The second kappa shape index (κ2) is 14.4. The minimum absolute atomic E-state index is 0.0903. The molecule has 0 bridgehead atoms. The molecule has 290 valence electrons. The van der Waals surface area contributed by atoms with Gasteiger partial charge in [-0.2, -0.15) is 0 Å². The molecule has 2 atom stereocenters. The van der Waals surface area contributed by atoms with Crippen LogP contribution in [-0.2, 0) is 16.1 Å². The standard InChI is InChI=1S/C43H47ClN8O4/c1-28-43(15-18-51(28)33-8-10-37(45-2)36(44)24-33)13-16-47(17-14-43)31-5-3-29(4-6-31)41(55)49-21-19-48(20-22-49)34-26-50(27-34)32-7-9-35-30(23-32)25-52(42(35)56)38-11-12-39(53)46-40(38)54/h3-10,23-24,28,34,38H,11-22,25-27H2,1H3,(H,46,53,54). The lowest BCUT2D eigenvalue weighted by Crippen LogP contribution is -2.63. The summed E-state index contributed by atoms with van der Waals surface area (Å²) in [5.41, 5.74) is 6.38. The van der Waals surface area contributed by atoms with Crippen LogP contribution in [0.3, 0.4) is 0 Å². The molecule has 6 aliphatic rings. The third kappa shape index (κ3) is 6.44. The molecule has 6 aliphatic heterocycles.